The van der Waals surface area contributed by atoms with Crippen LogP contribution in [0.15, 0.2) is 72.8 Å². The minimum atomic E-state index is -1.39. The van der Waals surface area contributed by atoms with Crippen LogP contribution < -0.4 is 10.1 Å². The van der Waals surface area contributed by atoms with Crippen LogP contribution in [0.25, 0.3) is 16.9 Å². The molecule has 0 saturated heterocycles. The van der Waals surface area contributed by atoms with Gasteiger partial charge in [-0.3, -0.25) is 4.79 Å². The third kappa shape index (κ3) is 6.19. The van der Waals surface area contributed by atoms with Crippen molar-refractivity contribution in [1.29, 1.82) is 0 Å². The topological polar surface area (TPSA) is 93.5 Å². The molecule has 3 aromatic carbocycles. The molecule has 0 bridgehead atoms. The molecule has 0 aliphatic carbocycles. The van der Waals surface area contributed by atoms with Gasteiger partial charge in [-0.25, -0.2) is 18.3 Å². The SMILES string of the molecule is COc1ccc(-n2nc(CCC(=O)NC(C(=O)O)c3cc(C)cc(F)c3)cc2-c2cccc(F)c2)cc1. The minimum absolute atomic E-state index is 0.0553. The van der Waals surface area contributed by atoms with Gasteiger partial charge in [0.05, 0.1) is 24.2 Å². The van der Waals surface area contributed by atoms with E-state index in [1.54, 1.807) is 49.0 Å². The first kappa shape index (κ1) is 25.6. The zero-order valence-electron chi connectivity index (χ0n) is 20.2. The third-order valence-corrected chi connectivity index (χ3v) is 5.76. The number of methoxy groups -OCH3 is 1. The predicted octanol–water partition coefficient (Wildman–Crippen LogP) is 5.01. The number of ether oxygens (including phenoxy) is 1. The highest BCUT2D eigenvalue weighted by molar-refractivity contribution is 5.84. The lowest BCUT2D eigenvalue weighted by molar-refractivity contribution is -0.142. The Kier molecular flexibility index (Phi) is 7.62. The van der Waals surface area contributed by atoms with E-state index < -0.39 is 29.6 Å². The molecular formula is C28H25F2N3O4. The number of aromatic nitrogens is 2. The van der Waals surface area contributed by atoms with Crippen LogP contribution in [-0.2, 0) is 16.0 Å². The third-order valence-electron chi connectivity index (χ3n) is 5.76. The predicted molar refractivity (Wildman–Crippen MR) is 133 cm³/mol. The molecule has 9 heteroatoms. The quantitative estimate of drug-likeness (QED) is 0.334. The lowest BCUT2D eigenvalue weighted by Gasteiger charge is -2.15. The van der Waals surface area contributed by atoms with Crippen molar-refractivity contribution >= 4 is 11.9 Å². The summed E-state index contributed by atoms with van der Waals surface area (Å²) in [4.78, 5) is 24.4. The van der Waals surface area contributed by atoms with Crippen molar-refractivity contribution in [2.24, 2.45) is 0 Å². The number of carboxylic acid groups (broad SMARTS) is 1. The van der Waals surface area contributed by atoms with Crippen molar-refractivity contribution in [2.45, 2.75) is 25.8 Å². The average molecular weight is 506 g/mol. The maximum absolute atomic E-state index is 14.0. The fraction of sp³-hybridized carbons (Fsp3) is 0.179. The smallest absolute Gasteiger partial charge is 0.330 e. The molecule has 1 atom stereocenters. The normalized spacial score (nSPS) is 11.7. The van der Waals surface area contributed by atoms with E-state index in [4.69, 9.17) is 4.74 Å². The molecule has 2 N–H and O–H groups in total. The summed E-state index contributed by atoms with van der Waals surface area (Å²) in [6.07, 6.45) is 0.145. The number of hydrogen-bond donors (Lipinski definition) is 2. The molecule has 1 amide bonds. The first-order valence-electron chi connectivity index (χ1n) is 11.5. The van der Waals surface area contributed by atoms with Gasteiger partial charge in [-0.1, -0.05) is 18.2 Å². The molecule has 4 rings (SSSR count). The highest BCUT2D eigenvalue weighted by atomic mass is 19.1. The summed E-state index contributed by atoms with van der Waals surface area (Å²) in [7, 11) is 1.56. The molecule has 1 aromatic heterocycles. The molecule has 1 heterocycles. The molecule has 1 unspecified atom stereocenters. The van der Waals surface area contributed by atoms with Gasteiger partial charge in [-0.2, -0.15) is 5.10 Å². The molecule has 0 aliphatic heterocycles. The second kappa shape index (κ2) is 11.0. The summed E-state index contributed by atoms with van der Waals surface area (Å²) in [6, 6.07) is 17.5. The molecule has 4 aromatic rings. The molecule has 0 radical (unpaired) electrons. The Labute approximate surface area is 212 Å². The van der Waals surface area contributed by atoms with Gasteiger partial charge in [-0.15, -0.1) is 0 Å². The summed E-state index contributed by atoms with van der Waals surface area (Å²) in [5.74, 6) is -2.13. The number of carbonyl (C=O) groups excluding carboxylic acids is 1. The average Bonchev–Trinajstić information content (AvgIpc) is 3.30. The lowest BCUT2D eigenvalue weighted by atomic mass is 10.0. The van der Waals surface area contributed by atoms with Crippen molar-refractivity contribution in [3.05, 3.63) is 101 Å². The number of amides is 1. The lowest BCUT2D eigenvalue weighted by Crippen LogP contribution is -2.34. The van der Waals surface area contributed by atoms with E-state index in [-0.39, 0.29) is 18.4 Å². The van der Waals surface area contributed by atoms with Crippen LogP contribution in [0.3, 0.4) is 0 Å². The van der Waals surface area contributed by atoms with Gasteiger partial charge < -0.3 is 15.2 Å². The monoisotopic (exact) mass is 505 g/mol. The Morgan fingerprint density at radius 2 is 1.78 bits per heavy atom. The molecule has 0 saturated carbocycles. The van der Waals surface area contributed by atoms with Gasteiger partial charge in [0.1, 0.15) is 17.4 Å². The molecule has 0 fully saturated rings. The fourth-order valence-corrected chi connectivity index (χ4v) is 4.02. The van der Waals surface area contributed by atoms with E-state index in [1.807, 2.05) is 12.1 Å². The zero-order chi connectivity index (χ0) is 26.5. The van der Waals surface area contributed by atoms with Gasteiger partial charge in [0.25, 0.3) is 0 Å². The first-order valence-corrected chi connectivity index (χ1v) is 11.5. The van der Waals surface area contributed by atoms with Crippen LogP contribution in [0.4, 0.5) is 8.78 Å². The minimum Gasteiger partial charge on any atom is -0.497 e. The number of halogens is 2. The number of carbonyl (C=O) groups is 2. The highest BCUT2D eigenvalue weighted by Gasteiger charge is 2.23. The van der Waals surface area contributed by atoms with Crippen LogP contribution in [0.2, 0.25) is 0 Å². The maximum atomic E-state index is 14.0. The Bertz CT molecular complexity index is 1410. The number of benzene rings is 3. The second-order valence-electron chi connectivity index (χ2n) is 8.54. The molecule has 0 aliphatic rings. The van der Waals surface area contributed by atoms with E-state index >= 15 is 0 Å². The second-order valence-corrected chi connectivity index (χ2v) is 8.54. The Hall–Kier alpha value is -4.53. The number of nitrogens with zero attached hydrogens (tertiary/aromatic N) is 2. The molecular weight excluding hydrogens is 480 g/mol. The van der Waals surface area contributed by atoms with E-state index in [0.717, 1.165) is 6.07 Å². The van der Waals surface area contributed by atoms with E-state index in [9.17, 15) is 23.5 Å². The Morgan fingerprint density at radius 1 is 1.03 bits per heavy atom. The van der Waals surface area contributed by atoms with Crippen molar-refractivity contribution in [3.63, 3.8) is 0 Å². The van der Waals surface area contributed by atoms with Crippen molar-refractivity contribution in [3.8, 4) is 22.7 Å². The largest absolute Gasteiger partial charge is 0.497 e. The molecule has 190 valence electrons. The van der Waals surface area contributed by atoms with E-state index in [2.05, 4.69) is 10.4 Å². The number of hydrogen-bond acceptors (Lipinski definition) is 4. The van der Waals surface area contributed by atoms with Gasteiger partial charge in [0.2, 0.25) is 5.91 Å². The number of rotatable bonds is 9. The summed E-state index contributed by atoms with van der Waals surface area (Å²) < 4.78 is 34.6. The van der Waals surface area contributed by atoms with Crippen LogP contribution in [0.5, 0.6) is 5.75 Å². The highest BCUT2D eigenvalue weighted by Crippen LogP contribution is 2.26. The van der Waals surface area contributed by atoms with Gasteiger partial charge >= 0.3 is 5.97 Å². The number of aryl methyl sites for hydroxylation is 2. The first-order chi connectivity index (χ1) is 17.7. The van der Waals surface area contributed by atoms with Crippen molar-refractivity contribution in [2.75, 3.05) is 7.11 Å². The van der Waals surface area contributed by atoms with Crippen LogP contribution >= 0.6 is 0 Å². The van der Waals surface area contributed by atoms with Crippen molar-refractivity contribution in [1.82, 2.24) is 15.1 Å². The summed E-state index contributed by atoms with van der Waals surface area (Å²) in [5, 5.41) is 16.7. The van der Waals surface area contributed by atoms with Gasteiger partial charge in [0.15, 0.2) is 6.04 Å². The summed E-state index contributed by atoms with van der Waals surface area (Å²) in [6.45, 7) is 1.64. The molecule has 0 spiro atoms. The van der Waals surface area contributed by atoms with Gasteiger partial charge in [-0.05, 0) is 72.6 Å². The summed E-state index contributed by atoms with van der Waals surface area (Å²) in [5.41, 5.74) is 3.19. The van der Waals surface area contributed by atoms with Crippen LogP contribution in [0, 0.1) is 18.6 Å². The van der Waals surface area contributed by atoms with Gasteiger partial charge in [0, 0.05) is 18.4 Å². The number of carboxylic acids is 1. The molecule has 37 heavy (non-hydrogen) atoms. The zero-order valence-corrected chi connectivity index (χ0v) is 20.2. The molecule has 7 nitrogen and oxygen atoms in total. The standard InChI is InChI=1S/C28H25F2N3O4/c1-17-12-19(15-21(30)13-17)27(28(35)36)31-26(34)11-6-22-16-25(18-4-3-5-20(29)14-18)33(32-22)23-7-9-24(37-2)10-8-23/h3-5,7-10,12-16,27H,6,11H2,1-2H3,(H,31,34)(H,35,36). The Morgan fingerprint density at radius 3 is 2.43 bits per heavy atom. The maximum Gasteiger partial charge on any atom is 0.330 e. The van der Waals surface area contributed by atoms with E-state index in [0.29, 0.717) is 34.0 Å². The summed E-state index contributed by atoms with van der Waals surface area (Å²) >= 11 is 0. The number of nitrogens with one attached hydrogen (secondary N) is 1. The number of aliphatic carboxylic acids is 1. The Balaban J connectivity index is 1.56. The van der Waals surface area contributed by atoms with Crippen LogP contribution in [0.1, 0.15) is 29.3 Å². The fourth-order valence-electron chi connectivity index (χ4n) is 4.02. The van der Waals surface area contributed by atoms with Crippen LogP contribution in [-0.4, -0.2) is 33.9 Å². The van der Waals surface area contributed by atoms with Crippen molar-refractivity contribution < 1.29 is 28.2 Å². The van der Waals surface area contributed by atoms with E-state index in [1.165, 1.54) is 24.3 Å².